The molecule has 360 valence electrons. The zero-order chi connectivity index (χ0) is 46.0. The molecule has 0 aliphatic heterocycles. The van der Waals surface area contributed by atoms with Gasteiger partial charge in [0.2, 0.25) is 0 Å². The molecule has 1 aliphatic rings. The number of hydrogen-bond donors (Lipinski definition) is 4. The van der Waals surface area contributed by atoms with Gasteiger partial charge in [-0.05, 0) is 69.4 Å². The lowest BCUT2D eigenvalue weighted by molar-refractivity contribution is -0.870. The van der Waals surface area contributed by atoms with Crippen molar-refractivity contribution in [3.8, 4) is 0 Å². The van der Waals surface area contributed by atoms with Gasteiger partial charge < -0.3 is 38.6 Å². The van der Waals surface area contributed by atoms with E-state index in [9.17, 15) is 34.4 Å². The van der Waals surface area contributed by atoms with Crippen LogP contribution in [0.15, 0.2) is 16.6 Å². The molecular formula is C48H87NO12P+. The summed E-state index contributed by atoms with van der Waals surface area (Å²) < 4.78 is 40.5. The average Bonchev–Trinajstić information content (AvgIpc) is 3.63. The van der Waals surface area contributed by atoms with E-state index in [-0.39, 0.29) is 37.9 Å². The largest absolute Gasteiger partial charge is 0.472 e. The van der Waals surface area contributed by atoms with Gasteiger partial charge >= 0.3 is 19.8 Å². The Morgan fingerprint density at radius 3 is 2.00 bits per heavy atom. The van der Waals surface area contributed by atoms with Crippen LogP contribution in [-0.2, 0) is 45.5 Å². The van der Waals surface area contributed by atoms with Gasteiger partial charge in [-0.25, -0.2) is 4.57 Å². The quantitative estimate of drug-likeness (QED) is 0.0165. The molecule has 14 heteroatoms. The van der Waals surface area contributed by atoms with Crippen molar-refractivity contribution in [2.45, 2.75) is 200 Å². The topological polar surface area (TPSA) is 182 Å². The van der Waals surface area contributed by atoms with Crippen molar-refractivity contribution in [1.29, 1.82) is 0 Å². The maximum atomic E-state index is 12.8. The maximum Gasteiger partial charge on any atom is 0.472 e. The Morgan fingerprint density at radius 2 is 1.37 bits per heavy atom. The molecule has 1 saturated carbocycles. The minimum Gasteiger partial charge on any atom is -0.466 e. The number of furan rings is 1. The summed E-state index contributed by atoms with van der Waals surface area (Å²) in [6.07, 6.45) is 20.3. The minimum atomic E-state index is -4.44. The van der Waals surface area contributed by atoms with Crippen molar-refractivity contribution in [2.75, 3.05) is 47.5 Å². The number of carbonyl (C=O) groups is 2. The van der Waals surface area contributed by atoms with E-state index in [0.717, 1.165) is 114 Å². The number of aryl methyl sites for hydroxylation is 2. The molecule has 0 saturated heterocycles. The van der Waals surface area contributed by atoms with E-state index in [2.05, 4.69) is 27.7 Å². The summed E-state index contributed by atoms with van der Waals surface area (Å²) in [5.41, 5.74) is 2.60. The second-order valence-corrected chi connectivity index (χ2v) is 20.1. The normalized spacial score (nSPS) is 20.1. The number of phosphoric acid groups is 1. The molecule has 62 heavy (non-hydrogen) atoms. The van der Waals surface area contributed by atoms with Crippen molar-refractivity contribution in [3.05, 3.63) is 34.8 Å². The SMILES string of the molecule is CCCCC[C@H](O)/C=C/[C@@H]1[C@@H](CCCCCCC(=O)OC[C@H](COP(=O)(O)OCC[N+](C)(C)C)OC(=O)CCCCCCCCCCc2oc(CCC)c(C)c2C)[C@@H](O)C[C@H]1O. The first-order chi connectivity index (χ1) is 29.5. The monoisotopic (exact) mass is 901 g/mol. The molecule has 1 aromatic heterocycles. The van der Waals surface area contributed by atoms with Gasteiger partial charge in [-0.15, -0.1) is 0 Å². The van der Waals surface area contributed by atoms with Crippen molar-refractivity contribution >= 4 is 19.8 Å². The molecule has 2 rings (SSSR count). The highest BCUT2D eigenvalue weighted by molar-refractivity contribution is 7.47. The summed E-state index contributed by atoms with van der Waals surface area (Å²) in [6.45, 7) is 8.30. The fraction of sp³-hybridized carbons (Fsp3) is 0.833. The zero-order valence-electron chi connectivity index (χ0n) is 39.7. The first-order valence-corrected chi connectivity index (χ1v) is 25.5. The molecule has 1 fully saturated rings. The Bertz CT molecular complexity index is 1460. The molecule has 1 unspecified atom stereocenters. The van der Waals surface area contributed by atoms with Gasteiger partial charge in [0.15, 0.2) is 6.10 Å². The number of unbranched alkanes of at least 4 members (excludes halogenated alkanes) is 12. The van der Waals surface area contributed by atoms with Gasteiger partial charge in [0.25, 0.3) is 0 Å². The van der Waals surface area contributed by atoms with Crippen molar-refractivity contribution in [2.24, 2.45) is 11.8 Å². The lowest BCUT2D eigenvalue weighted by Crippen LogP contribution is -2.37. The van der Waals surface area contributed by atoms with Gasteiger partial charge in [0.05, 0.1) is 46.1 Å². The molecule has 0 amide bonds. The van der Waals surface area contributed by atoms with Gasteiger partial charge in [-0.1, -0.05) is 103 Å². The number of aliphatic hydroxyl groups excluding tert-OH is 3. The third kappa shape index (κ3) is 24.3. The highest BCUT2D eigenvalue weighted by Gasteiger charge is 2.39. The first-order valence-electron chi connectivity index (χ1n) is 24.0. The predicted octanol–water partition coefficient (Wildman–Crippen LogP) is 9.39. The molecule has 0 aromatic carbocycles. The Kier molecular flexibility index (Phi) is 28.0. The van der Waals surface area contributed by atoms with Gasteiger partial charge in [0, 0.05) is 38.0 Å². The molecule has 7 atom stereocenters. The highest BCUT2D eigenvalue weighted by atomic mass is 31.2. The third-order valence-electron chi connectivity index (χ3n) is 12.1. The van der Waals surface area contributed by atoms with Crippen LogP contribution in [0.3, 0.4) is 0 Å². The number of phosphoric ester groups is 1. The van der Waals surface area contributed by atoms with E-state index in [1.165, 1.54) is 17.5 Å². The van der Waals surface area contributed by atoms with E-state index in [1.54, 1.807) is 6.08 Å². The van der Waals surface area contributed by atoms with Crippen LogP contribution >= 0.6 is 7.82 Å². The fourth-order valence-corrected chi connectivity index (χ4v) is 8.78. The lowest BCUT2D eigenvalue weighted by atomic mass is 9.88. The molecule has 4 N–H and O–H groups in total. The Hall–Kier alpha value is -2.09. The number of ether oxygens (including phenoxy) is 2. The molecular weight excluding hydrogens is 813 g/mol. The fourth-order valence-electron chi connectivity index (χ4n) is 8.04. The van der Waals surface area contributed by atoms with Crippen LogP contribution in [0.25, 0.3) is 0 Å². The van der Waals surface area contributed by atoms with Crippen molar-refractivity contribution in [3.63, 3.8) is 0 Å². The molecule has 1 aromatic rings. The van der Waals surface area contributed by atoms with Crippen LogP contribution in [0.4, 0.5) is 0 Å². The number of aliphatic hydroxyl groups is 3. The van der Waals surface area contributed by atoms with Gasteiger partial charge in [-0.2, -0.15) is 0 Å². The lowest BCUT2D eigenvalue weighted by Gasteiger charge is -2.24. The van der Waals surface area contributed by atoms with E-state index < -0.39 is 50.8 Å². The Labute approximate surface area is 374 Å². The van der Waals surface area contributed by atoms with E-state index in [0.29, 0.717) is 36.7 Å². The van der Waals surface area contributed by atoms with E-state index in [1.807, 2.05) is 27.2 Å². The summed E-state index contributed by atoms with van der Waals surface area (Å²) in [7, 11) is 1.34. The number of nitrogens with zero attached hydrogens (tertiary/aromatic N) is 1. The number of rotatable bonds is 36. The molecule has 1 heterocycles. The second kappa shape index (κ2) is 30.9. The van der Waals surface area contributed by atoms with E-state index in [4.69, 9.17) is 22.9 Å². The Morgan fingerprint density at radius 1 is 0.774 bits per heavy atom. The highest BCUT2D eigenvalue weighted by Crippen LogP contribution is 2.43. The molecule has 0 spiro atoms. The molecule has 1 aliphatic carbocycles. The van der Waals surface area contributed by atoms with Gasteiger partial charge in [0.1, 0.15) is 31.3 Å². The summed E-state index contributed by atoms with van der Waals surface area (Å²) in [4.78, 5) is 35.8. The minimum absolute atomic E-state index is 0.00881. The van der Waals surface area contributed by atoms with Gasteiger partial charge in [-0.3, -0.25) is 18.6 Å². The Balaban J connectivity index is 1.72. The molecule has 0 bridgehead atoms. The van der Waals surface area contributed by atoms with Crippen LogP contribution in [0, 0.1) is 25.7 Å². The maximum absolute atomic E-state index is 12.8. The second-order valence-electron chi connectivity index (χ2n) is 18.7. The standard InChI is InChI=1S/C48H86NO12P/c1-8-10-19-25-39(50)30-31-42-41(43(51)34-44(42)52)26-20-17-18-22-28-47(53)57-35-40(36-59-62(55,56)58-33-32-49(5,6)7)60-48(54)29-23-16-14-12-11-13-15-21-27-46-38(4)37(3)45(61-46)24-9-2/h30-31,39-44,50-52H,8-29,32-36H2,1-7H3/p+1/b31-30+/t39-,40+,41+,42+,43-,44+/m0/s1. The van der Waals surface area contributed by atoms with Crippen LogP contribution in [0.2, 0.25) is 0 Å². The summed E-state index contributed by atoms with van der Waals surface area (Å²) in [5.74, 6) is 1.03. The van der Waals surface area contributed by atoms with Crippen LogP contribution < -0.4 is 0 Å². The summed E-state index contributed by atoms with van der Waals surface area (Å²) in [6, 6.07) is 0. The number of carbonyl (C=O) groups excluding carboxylic acids is 2. The number of quaternary nitrogens is 1. The third-order valence-corrected chi connectivity index (χ3v) is 13.1. The van der Waals surface area contributed by atoms with Crippen LogP contribution in [-0.4, -0.2) is 109 Å². The molecule has 0 radical (unpaired) electrons. The predicted molar refractivity (Wildman–Crippen MR) is 244 cm³/mol. The number of hydrogen-bond acceptors (Lipinski definition) is 11. The van der Waals surface area contributed by atoms with Crippen LogP contribution in [0.5, 0.6) is 0 Å². The van der Waals surface area contributed by atoms with E-state index >= 15 is 0 Å². The smallest absolute Gasteiger partial charge is 0.466 e. The van der Waals surface area contributed by atoms with Crippen molar-refractivity contribution < 1.29 is 61.8 Å². The first kappa shape index (κ1) is 56.0. The van der Waals surface area contributed by atoms with Crippen LogP contribution in [0.1, 0.15) is 171 Å². The zero-order valence-corrected chi connectivity index (χ0v) is 40.6. The van der Waals surface area contributed by atoms with Crippen molar-refractivity contribution in [1.82, 2.24) is 0 Å². The summed E-state index contributed by atoms with van der Waals surface area (Å²) >= 11 is 0. The molecule has 13 nitrogen and oxygen atoms in total. The number of likely N-dealkylation sites (N-methyl/N-ethyl adjacent to an activating group) is 1. The summed E-state index contributed by atoms with van der Waals surface area (Å²) in [5, 5.41) is 31.5. The number of esters is 2. The average molecular weight is 901 g/mol.